The number of amides is 4. The summed E-state index contributed by atoms with van der Waals surface area (Å²) in [7, 11) is -3.13. The summed E-state index contributed by atoms with van der Waals surface area (Å²) in [4.78, 5) is 70.5. The van der Waals surface area contributed by atoms with Crippen molar-refractivity contribution in [3.8, 4) is 0 Å². The number of nitrogens with one attached hydrogen (secondary N) is 2. The predicted molar refractivity (Wildman–Crippen MR) is 226 cm³/mol. The van der Waals surface area contributed by atoms with Crippen molar-refractivity contribution in [3.63, 3.8) is 0 Å². The van der Waals surface area contributed by atoms with E-state index in [2.05, 4.69) is 10.6 Å². The van der Waals surface area contributed by atoms with E-state index in [9.17, 15) is 24.3 Å². The molecule has 12 heteroatoms. The molecule has 298 valence electrons. The molecular formula is C46H48N4O7Si. The van der Waals surface area contributed by atoms with Crippen LogP contribution in [0.3, 0.4) is 0 Å². The minimum absolute atomic E-state index is 0.107. The van der Waals surface area contributed by atoms with Gasteiger partial charge in [-0.05, 0) is 78.8 Å². The second kappa shape index (κ2) is 16.9. The number of fused-ring (bicyclic) bond motifs is 2. The highest BCUT2D eigenvalue weighted by molar-refractivity contribution is 6.71. The molecular weight excluding hydrogens is 749 g/mol. The van der Waals surface area contributed by atoms with Crippen LogP contribution in [0, 0.1) is 5.92 Å². The van der Waals surface area contributed by atoms with Crippen LogP contribution in [0.1, 0.15) is 50.8 Å². The van der Waals surface area contributed by atoms with Gasteiger partial charge in [-0.2, -0.15) is 0 Å². The first-order valence-electron chi connectivity index (χ1n) is 19.5. The number of hydrogen-bond donors (Lipinski definition) is 4. The largest absolute Gasteiger partial charge is 0.432 e. The van der Waals surface area contributed by atoms with Crippen LogP contribution in [0.4, 0.5) is 17.1 Å². The smallest absolute Gasteiger partial charge is 0.264 e. The Morgan fingerprint density at radius 1 is 0.776 bits per heavy atom. The number of ether oxygens (including phenoxy) is 1. The van der Waals surface area contributed by atoms with Gasteiger partial charge in [0.1, 0.15) is 0 Å². The van der Waals surface area contributed by atoms with Gasteiger partial charge in [0.15, 0.2) is 13.9 Å². The van der Waals surface area contributed by atoms with E-state index >= 15 is 4.79 Å². The van der Waals surface area contributed by atoms with Crippen LogP contribution >= 0.6 is 0 Å². The number of aliphatic hydroxyl groups is 1. The van der Waals surface area contributed by atoms with Gasteiger partial charge in [0.25, 0.3) is 17.7 Å². The fraction of sp³-hybridized carbons (Fsp3) is 0.261. The van der Waals surface area contributed by atoms with E-state index in [1.165, 1.54) is 0 Å². The van der Waals surface area contributed by atoms with Gasteiger partial charge in [0.2, 0.25) is 5.91 Å². The van der Waals surface area contributed by atoms with Crippen LogP contribution in [-0.2, 0) is 33.0 Å². The average Bonchev–Trinajstić information content (AvgIpc) is 3.64. The summed E-state index contributed by atoms with van der Waals surface area (Å²) in [6.07, 6.45) is -0.929. The van der Waals surface area contributed by atoms with Crippen molar-refractivity contribution >= 4 is 49.0 Å². The summed E-state index contributed by atoms with van der Waals surface area (Å²) >= 11 is 0. The molecule has 0 aliphatic carbocycles. The zero-order valence-corrected chi connectivity index (χ0v) is 33.8. The summed E-state index contributed by atoms with van der Waals surface area (Å²) in [5.41, 5.74) is 2.77. The lowest BCUT2D eigenvalue weighted by Crippen LogP contribution is -2.46. The molecule has 2 aliphatic heterocycles. The maximum atomic E-state index is 15.2. The van der Waals surface area contributed by atoms with Crippen molar-refractivity contribution in [2.75, 3.05) is 28.7 Å². The van der Waals surface area contributed by atoms with Crippen LogP contribution in [0.5, 0.6) is 0 Å². The summed E-state index contributed by atoms with van der Waals surface area (Å²) in [6, 6.07) is 39.9. The summed E-state index contributed by atoms with van der Waals surface area (Å²) < 4.78 is 6.98. The number of anilines is 3. The number of aliphatic hydroxyl groups excluding tert-OH is 1. The van der Waals surface area contributed by atoms with E-state index in [-0.39, 0.29) is 56.3 Å². The Balaban J connectivity index is 1.22. The van der Waals surface area contributed by atoms with E-state index in [1.807, 2.05) is 61.5 Å². The third-order valence-electron chi connectivity index (χ3n) is 11.2. The van der Waals surface area contributed by atoms with Gasteiger partial charge in [-0.15, -0.1) is 0 Å². The Kier molecular flexibility index (Phi) is 11.7. The maximum absolute atomic E-state index is 15.2. The van der Waals surface area contributed by atoms with E-state index < -0.39 is 31.5 Å². The molecule has 5 aromatic carbocycles. The Hall–Kier alpha value is -5.92. The fourth-order valence-corrected chi connectivity index (χ4v) is 11.0. The lowest BCUT2D eigenvalue weighted by atomic mass is 9.82. The molecule has 4 amide bonds. The Morgan fingerprint density at radius 2 is 1.33 bits per heavy atom. The maximum Gasteiger partial charge on any atom is 0.264 e. The zero-order chi connectivity index (χ0) is 41.0. The number of benzene rings is 5. The molecule has 1 saturated heterocycles. The molecule has 1 fully saturated rings. The van der Waals surface area contributed by atoms with Crippen LogP contribution in [0.15, 0.2) is 133 Å². The lowest BCUT2D eigenvalue weighted by Gasteiger charge is -2.32. The second-order valence-corrected chi connectivity index (χ2v) is 19.5. The molecule has 0 bridgehead atoms. The van der Waals surface area contributed by atoms with Crippen LogP contribution in [0.25, 0.3) is 0 Å². The molecule has 0 aromatic heterocycles. The molecule has 0 saturated carbocycles. The molecule has 11 nitrogen and oxygen atoms in total. The van der Waals surface area contributed by atoms with Gasteiger partial charge < -0.3 is 35.1 Å². The van der Waals surface area contributed by atoms with Gasteiger partial charge in [-0.1, -0.05) is 85.8 Å². The van der Waals surface area contributed by atoms with Crippen LogP contribution < -0.4 is 15.5 Å². The molecule has 0 unspecified atom stereocenters. The monoisotopic (exact) mass is 796 g/mol. The molecule has 1 spiro atoms. The molecule has 7 rings (SSSR count). The minimum atomic E-state index is -3.13. The van der Waals surface area contributed by atoms with E-state index in [0.717, 1.165) is 11.1 Å². The molecule has 4 atom stereocenters. The minimum Gasteiger partial charge on any atom is -0.432 e. The summed E-state index contributed by atoms with van der Waals surface area (Å²) in [6.45, 7) is 5.84. The third-order valence-corrected chi connectivity index (χ3v) is 13.7. The molecule has 5 aromatic rings. The Morgan fingerprint density at radius 3 is 1.90 bits per heavy atom. The highest BCUT2D eigenvalue weighted by Gasteiger charge is 2.66. The number of rotatable bonds is 13. The third kappa shape index (κ3) is 8.23. The SMILES string of the molecule is C[C@H]1[C@H]([Si](C)(C)O)[C@@H](CC(=O)N(CCO)Cc2ccccc2)O[C@]12C(=O)N(Cc1ccc(NC(=O)c3ccccc3)cc1)c1ccc(NC(=O)c3ccccc3)cc12. The van der Waals surface area contributed by atoms with Gasteiger partial charge in [0, 0.05) is 52.6 Å². The van der Waals surface area contributed by atoms with Crippen molar-refractivity contribution in [2.24, 2.45) is 5.92 Å². The van der Waals surface area contributed by atoms with Crippen LogP contribution in [0.2, 0.25) is 18.6 Å². The summed E-state index contributed by atoms with van der Waals surface area (Å²) in [5.74, 6) is -1.72. The average molecular weight is 797 g/mol. The standard InChI is InChI=1S/C46H48N4O7Si/c1-31-42(58(2,3)56)40(28-41(52)49(25-26-51)29-32-13-7-4-8-14-32)57-46(31)38-27-37(48-44(54)35-17-11-6-12-18-35)23-24-39(38)50(45(46)55)30-33-19-21-36(22-20-33)47-43(53)34-15-9-5-10-16-34/h4-24,27,31,40,42,51,56H,25-26,28-30H2,1-3H3,(H,47,53)(H,48,54)/t31-,40+,42-,46+/m0/s1. The molecule has 0 radical (unpaired) electrons. The zero-order valence-electron chi connectivity index (χ0n) is 32.8. The fourth-order valence-electron chi connectivity index (χ4n) is 8.49. The van der Waals surface area contributed by atoms with Gasteiger partial charge in [-0.25, -0.2) is 0 Å². The first kappa shape index (κ1) is 40.3. The van der Waals surface area contributed by atoms with E-state index in [1.54, 1.807) is 102 Å². The van der Waals surface area contributed by atoms with Crippen LogP contribution in [-0.4, -0.2) is 66.0 Å². The summed E-state index contributed by atoms with van der Waals surface area (Å²) in [5, 5.41) is 15.8. The Bertz CT molecular complexity index is 2270. The van der Waals surface area contributed by atoms with Crippen molar-refractivity contribution in [1.82, 2.24) is 4.90 Å². The molecule has 2 aliphatic rings. The predicted octanol–water partition coefficient (Wildman–Crippen LogP) is 6.95. The molecule has 58 heavy (non-hydrogen) atoms. The first-order chi connectivity index (χ1) is 27.9. The highest BCUT2D eigenvalue weighted by atomic mass is 28.4. The Labute approximate surface area is 339 Å². The first-order valence-corrected chi connectivity index (χ1v) is 22.5. The number of carbonyl (C=O) groups excluding carboxylic acids is 4. The van der Waals surface area contributed by atoms with E-state index in [0.29, 0.717) is 33.8 Å². The van der Waals surface area contributed by atoms with Crippen molar-refractivity contribution in [3.05, 3.63) is 161 Å². The van der Waals surface area contributed by atoms with Gasteiger partial charge in [-0.3, -0.25) is 19.2 Å². The van der Waals surface area contributed by atoms with Crippen molar-refractivity contribution in [1.29, 1.82) is 0 Å². The number of hydrogen-bond acceptors (Lipinski definition) is 7. The molecule has 4 N–H and O–H groups in total. The number of nitrogens with zero attached hydrogens (tertiary/aromatic N) is 2. The molecule has 2 heterocycles. The normalized spacial score (nSPS) is 19.8. The van der Waals surface area contributed by atoms with E-state index in [4.69, 9.17) is 4.74 Å². The number of carbonyl (C=O) groups is 4. The van der Waals surface area contributed by atoms with Crippen molar-refractivity contribution < 1.29 is 33.8 Å². The lowest BCUT2D eigenvalue weighted by molar-refractivity contribution is -0.150. The van der Waals surface area contributed by atoms with Gasteiger partial charge in [0.05, 0.1) is 31.4 Å². The second-order valence-electron chi connectivity index (χ2n) is 15.5. The van der Waals surface area contributed by atoms with Gasteiger partial charge >= 0.3 is 0 Å². The van der Waals surface area contributed by atoms with Crippen molar-refractivity contribution in [2.45, 2.75) is 56.8 Å². The highest BCUT2D eigenvalue weighted by Crippen LogP contribution is 2.60. The topological polar surface area (TPSA) is 149 Å². The quantitative estimate of drug-likeness (QED) is 0.0944.